The van der Waals surface area contributed by atoms with E-state index >= 15 is 0 Å². The van der Waals surface area contributed by atoms with Gasteiger partial charge in [-0.2, -0.15) is 0 Å². The molecule has 1 saturated heterocycles. The van der Waals surface area contributed by atoms with Gasteiger partial charge >= 0.3 is 0 Å². The molecular weight excluding hydrogens is 338 g/mol. The van der Waals surface area contributed by atoms with Gasteiger partial charge < -0.3 is 15.5 Å². The van der Waals surface area contributed by atoms with Crippen molar-refractivity contribution >= 4 is 11.9 Å². The molecule has 0 radical (unpaired) electrons. The normalized spacial score (nSPS) is 19.6. The van der Waals surface area contributed by atoms with Crippen molar-refractivity contribution < 1.29 is 4.79 Å². The molecule has 27 heavy (non-hydrogen) atoms. The number of carbonyl (C=O) groups excluding carboxylic acids is 1. The molecule has 1 atom stereocenters. The Kier molecular flexibility index (Phi) is 7.10. The standard InChI is InChI=1S/C21H33N5O/c1-3-19(17-8-6-5-7-9-17)25-12-14-26(15-13-25)21(22-4-2)23-16-20(27)24-18-10-11-18/h5-9,18-19H,3-4,10-16H2,1-2H3,(H,22,23)(H,24,27). The number of benzene rings is 1. The molecule has 1 saturated carbocycles. The molecule has 1 unspecified atom stereocenters. The van der Waals surface area contributed by atoms with E-state index in [1.54, 1.807) is 0 Å². The molecule has 2 N–H and O–H groups in total. The summed E-state index contributed by atoms with van der Waals surface area (Å²) in [4.78, 5) is 21.4. The van der Waals surface area contributed by atoms with Crippen LogP contribution in [-0.2, 0) is 4.79 Å². The van der Waals surface area contributed by atoms with Crippen molar-refractivity contribution in [3.8, 4) is 0 Å². The van der Waals surface area contributed by atoms with Gasteiger partial charge in [0.25, 0.3) is 0 Å². The molecule has 0 bridgehead atoms. The van der Waals surface area contributed by atoms with Crippen molar-refractivity contribution in [1.29, 1.82) is 0 Å². The number of nitrogens with one attached hydrogen (secondary N) is 2. The lowest BCUT2D eigenvalue weighted by Gasteiger charge is -2.40. The molecule has 1 aromatic rings. The van der Waals surface area contributed by atoms with Crippen LogP contribution in [0.1, 0.15) is 44.7 Å². The van der Waals surface area contributed by atoms with E-state index in [0.29, 0.717) is 12.1 Å². The third-order valence-electron chi connectivity index (χ3n) is 5.28. The summed E-state index contributed by atoms with van der Waals surface area (Å²) < 4.78 is 0. The second-order valence-electron chi connectivity index (χ2n) is 7.37. The minimum Gasteiger partial charge on any atom is -0.357 e. The van der Waals surface area contributed by atoms with Crippen LogP contribution >= 0.6 is 0 Å². The Hall–Kier alpha value is -2.08. The van der Waals surface area contributed by atoms with E-state index in [1.165, 1.54) is 5.56 Å². The summed E-state index contributed by atoms with van der Waals surface area (Å²) in [5.74, 6) is 0.887. The number of amides is 1. The highest BCUT2D eigenvalue weighted by atomic mass is 16.2. The summed E-state index contributed by atoms with van der Waals surface area (Å²) in [5, 5.41) is 6.35. The van der Waals surface area contributed by atoms with Gasteiger partial charge in [0.05, 0.1) is 0 Å². The smallest absolute Gasteiger partial charge is 0.242 e. The first-order valence-electron chi connectivity index (χ1n) is 10.3. The third kappa shape index (κ3) is 5.70. The number of piperazine rings is 1. The number of hydrogen-bond donors (Lipinski definition) is 2. The minimum absolute atomic E-state index is 0.0293. The Balaban J connectivity index is 1.55. The van der Waals surface area contributed by atoms with Crippen LogP contribution in [0.2, 0.25) is 0 Å². The molecule has 3 rings (SSSR count). The second kappa shape index (κ2) is 9.74. The van der Waals surface area contributed by atoms with Crippen molar-refractivity contribution in [2.45, 2.75) is 45.2 Å². The molecule has 1 amide bonds. The second-order valence-corrected chi connectivity index (χ2v) is 7.37. The molecular formula is C21H33N5O. The minimum atomic E-state index is 0.0293. The van der Waals surface area contributed by atoms with E-state index < -0.39 is 0 Å². The zero-order valence-electron chi connectivity index (χ0n) is 16.7. The average molecular weight is 372 g/mol. The summed E-state index contributed by atoms with van der Waals surface area (Å²) in [5.41, 5.74) is 1.39. The van der Waals surface area contributed by atoms with Gasteiger partial charge in [-0.15, -0.1) is 0 Å². The number of hydrogen-bond acceptors (Lipinski definition) is 3. The van der Waals surface area contributed by atoms with Crippen molar-refractivity contribution in [2.24, 2.45) is 4.99 Å². The third-order valence-corrected chi connectivity index (χ3v) is 5.28. The maximum atomic E-state index is 11.9. The van der Waals surface area contributed by atoms with Gasteiger partial charge in [0.1, 0.15) is 6.54 Å². The fraction of sp³-hybridized carbons (Fsp3) is 0.619. The quantitative estimate of drug-likeness (QED) is 0.569. The molecule has 6 nitrogen and oxygen atoms in total. The van der Waals surface area contributed by atoms with Crippen LogP contribution in [-0.4, -0.2) is 67.0 Å². The number of carbonyl (C=O) groups is 1. The van der Waals surface area contributed by atoms with Gasteiger partial charge in [0, 0.05) is 44.8 Å². The Labute approximate surface area is 163 Å². The topological polar surface area (TPSA) is 60.0 Å². The van der Waals surface area contributed by atoms with Crippen LogP contribution in [0.15, 0.2) is 35.3 Å². The van der Waals surface area contributed by atoms with Crippen molar-refractivity contribution in [3.05, 3.63) is 35.9 Å². The highest BCUT2D eigenvalue weighted by Gasteiger charge is 2.26. The van der Waals surface area contributed by atoms with Crippen molar-refractivity contribution in [3.63, 3.8) is 0 Å². The monoisotopic (exact) mass is 371 g/mol. The molecule has 1 aliphatic carbocycles. The molecule has 6 heteroatoms. The zero-order valence-corrected chi connectivity index (χ0v) is 16.7. The van der Waals surface area contributed by atoms with Gasteiger partial charge in [-0.3, -0.25) is 9.69 Å². The SMILES string of the molecule is CCNC(=NCC(=O)NC1CC1)N1CCN(C(CC)c2ccccc2)CC1. The molecule has 148 valence electrons. The van der Waals surface area contributed by atoms with Gasteiger partial charge in [-0.05, 0) is 31.7 Å². The van der Waals surface area contributed by atoms with E-state index in [-0.39, 0.29) is 12.5 Å². The largest absolute Gasteiger partial charge is 0.357 e. The lowest BCUT2D eigenvalue weighted by Crippen LogP contribution is -2.53. The van der Waals surface area contributed by atoms with Crippen molar-refractivity contribution in [2.75, 3.05) is 39.3 Å². The van der Waals surface area contributed by atoms with Crippen molar-refractivity contribution in [1.82, 2.24) is 20.4 Å². The first kappa shape index (κ1) is 19.7. The summed E-state index contributed by atoms with van der Waals surface area (Å²) in [7, 11) is 0. The predicted molar refractivity (Wildman–Crippen MR) is 110 cm³/mol. The lowest BCUT2D eigenvalue weighted by atomic mass is 10.0. The highest BCUT2D eigenvalue weighted by molar-refractivity contribution is 5.85. The summed E-state index contributed by atoms with van der Waals surface area (Å²) in [6.45, 7) is 9.22. The van der Waals surface area contributed by atoms with Crippen LogP contribution in [0.3, 0.4) is 0 Å². The summed E-state index contributed by atoms with van der Waals surface area (Å²) in [6, 6.07) is 11.6. The predicted octanol–water partition coefficient (Wildman–Crippen LogP) is 2.00. The average Bonchev–Trinajstić information content (AvgIpc) is 3.51. The first-order valence-corrected chi connectivity index (χ1v) is 10.3. The van der Waals surface area contributed by atoms with E-state index in [4.69, 9.17) is 0 Å². The number of guanidine groups is 1. The summed E-state index contributed by atoms with van der Waals surface area (Å²) >= 11 is 0. The summed E-state index contributed by atoms with van der Waals surface area (Å²) in [6.07, 6.45) is 3.33. The molecule has 1 aromatic carbocycles. The molecule has 2 fully saturated rings. The molecule has 1 aliphatic heterocycles. The zero-order chi connectivity index (χ0) is 19.1. The van der Waals surface area contributed by atoms with Crippen LogP contribution in [0.5, 0.6) is 0 Å². The fourth-order valence-corrected chi connectivity index (χ4v) is 3.70. The maximum Gasteiger partial charge on any atom is 0.242 e. The fourth-order valence-electron chi connectivity index (χ4n) is 3.70. The van der Waals surface area contributed by atoms with E-state index in [9.17, 15) is 4.79 Å². The van der Waals surface area contributed by atoms with Crippen LogP contribution in [0.4, 0.5) is 0 Å². The van der Waals surface area contributed by atoms with Gasteiger partial charge in [0.15, 0.2) is 5.96 Å². The number of rotatable bonds is 7. The van der Waals surface area contributed by atoms with E-state index in [1.807, 2.05) is 0 Å². The van der Waals surface area contributed by atoms with E-state index in [0.717, 1.165) is 57.9 Å². The van der Waals surface area contributed by atoms with Gasteiger partial charge in [0.2, 0.25) is 5.91 Å². The highest BCUT2D eigenvalue weighted by Crippen LogP contribution is 2.25. The van der Waals surface area contributed by atoms with Crippen LogP contribution < -0.4 is 10.6 Å². The lowest BCUT2D eigenvalue weighted by molar-refractivity contribution is -0.119. The molecule has 1 heterocycles. The van der Waals surface area contributed by atoms with Crippen LogP contribution in [0.25, 0.3) is 0 Å². The Morgan fingerprint density at radius 2 is 1.85 bits per heavy atom. The van der Waals surface area contributed by atoms with E-state index in [2.05, 4.69) is 69.6 Å². The van der Waals surface area contributed by atoms with Gasteiger partial charge in [-0.25, -0.2) is 4.99 Å². The number of nitrogens with zero attached hydrogens (tertiary/aromatic N) is 3. The molecule has 2 aliphatic rings. The van der Waals surface area contributed by atoms with Crippen LogP contribution in [0, 0.1) is 0 Å². The Morgan fingerprint density at radius 3 is 2.44 bits per heavy atom. The Morgan fingerprint density at radius 1 is 1.15 bits per heavy atom. The molecule has 0 aromatic heterocycles. The first-order chi connectivity index (χ1) is 13.2. The molecule has 0 spiro atoms. The Bertz CT molecular complexity index is 621. The maximum absolute atomic E-state index is 11.9. The number of aliphatic imine (C=N–C) groups is 1. The van der Waals surface area contributed by atoms with Gasteiger partial charge in [-0.1, -0.05) is 37.3 Å².